The van der Waals surface area contributed by atoms with Gasteiger partial charge in [-0.25, -0.2) is 12.7 Å². The van der Waals surface area contributed by atoms with Crippen LogP contribution in [0.25, 0.3) is 0 Å². The number of benzene rings is 1. The second kappa shape index (κ2) is 14.2. The van der Waals surface area contributed by atoms with Crippen molar-refractivity contribution in [1.29, 1.82) is 0 Å². The fraction of sp³-hybridized carbons (Fsp3) is 0.611. The average Bonchev–Trinajstić information content (AvgIpc) is 2.58. The molecule has 1 aromatic carbocycles. The van der Waals surface area contributed by atoms with Crippen molar-refractivity contribution in [3.63, 3.8) is 0 Å². The minimum atomic E-state index is -3.11. The number of hydrogen-bond acceptors (Lipinski definition) is 3. The van der Waals surface area contributed by atoms with Crippen molar-refractivity contribution in [3.8, 4) is 0 Å². The maximum atomic E-state index is 11.6. The summed E-state index contributed by atoms with van der Waals surface area (Å²) in [6.45, 7) is 7.17. The van der Waals surface area contributed by atoms with Crippen molar-refractivity contribution in [3.05, 3.63) is 35.9 Å². The lowest BCUT2D eigenvalue weighted by molar-refractivity contribution is 0.424. The third-order valence-electron chi connectivity index (χ3n) is 3.78. The summed E-state index contributed by atoms with van der Waals surface area (Å²) in [7, 11) is -3.11. The minimum Gasteiger partial charge on any atom is -0.357 e. The number of nitrogens with zero attached hydrogens (tertiary/aromatic N) is 2. The van der Waals surface area contributed by atoms with E-state index in [4.69, 9.17) is 0 Å². The molecule has 0 radical (unpaired) electrons. The van der Waals surface area contributed by atoms with E-state index in [9.17, 15) is 8.42 Å². The van der Waals surface area contributed by atoms with Crippen LogP contribution in [0.3, 0.4) is 0 Å². The van der Waals surface area contributed by atoms with Gasteiger partial charge >= 0.3 is 0 Å². The van der Waals surface area contributed by atoms with E-state index < -0.39 is 10.0 Å². The summed E-state index contributed by atoms with van der Waals surface area (Å²) in [5.41, 5.74) is 1.33. The molecule has 0 amide bonds. The topological polar surface area (TPSA) is 73.8 Å². The van der Waals surface area contributed by atoms with Crippen LogP contribution in [-0.4, -0.2) is 57.7 Å². The smallest absolute Gasteiger partial charge is 0.211 e. The molecule has 2 N–H and O–H groups in total. The molecule has 0 spiro atoms. The van der Waals surface area contributed by atoms with Crippen LogP contribution in [0.15, 0.2) is 35.3 Å². The summed E-state index contributed by atoms with van der Waals surface area (Å²) in [5, 5.41) is 6.49. The van der Waals surface area contributed by atoms with Crippen LogP contribution in [0.1, 0.15) is 32.3 Å². The van der Waals surface area contributed by atoms with Gasteiger partial charge in [0, 0.05) is 32.7 Å². The van der Waals surface area contributed by atoms with Crippen LogP contribution in [0.2, 0.25) is 0 Å². The number of halogens is 1. The molecule has 0 saturated heterocycles. The lowest BCUT2D eigenvalue weighted by Gasteiger charge is -2.18. The maximum absolute atomic E-state index is 11.6. The second-order valence-corrected chi connectivity index (χ2v) is 7.87. The molecule has 0 aliphatic carbocycles. The van der Waals surface area contributed by atoms with E-state index in [0.29, 0.717) is 19.6 Å². The molecule has 0 heterocycles. The Kier molecular flexibility index (Phi) is 13.7. The number of rotatable bonds is 11. The van der Waals surface area contributed by atoms with Crippen LogP contribution < -0.4 is 10.6 Å². The lowest BCUT2D eigenvalue weighted by Crippen LogP contribution is -2.39. The summed E-state index contributed by atoms with van der Waals surface area (Å²) < 4.78 is 24.6. The van der Waals surface area contributed by atoms with E-state index >= 15 is 0 Å². The Morgan fingerprint density at radius 2 is 1.81 bits per heavy atom. The summed E-state index contributed by atoms with van der Waals surface area (Å²) in [5.74, 6) is 0.790. The molecule has 1 rings (SSSR count). The first-order valence-corrected chi connectivity index (χ1v) is 10.8. The van der Waals surface area contributed by atoms with Crippen molar-refractivity contribution >= 4 is 40.0 Å². The number of guanidine groups is 1. The van der Waals surface area contributed by atoms with Crippen LogP contribution >= 0.6 is 24.0 Å². The first-order chi connectivity index (χ1) is 12.0. The highest BCUT2D eigenvalue weighted by molar-refractivity contribution is 14.0. The predicted molar refractivity (Wildman–Crippen MR) is 121 cm³/mol. The van der Waals surface area contributed by atoms with Crippen molar-refractivity contribution < 1.29 is 8.42 Å². The van der Waals surface area contributed by atoms with Gasteiger partial charge in [-0.05, 0) is 31.7 Å². The zero-order chi connectivity index (χ0) is 18.5. The van der Waals surface area contributed by atoms with Crippen LogP contribution in [-0.2, 0) is 16.4 Å². The van der Waals surface area contributed by atoms with Gasteiger partial charge in [-0.1, -0.05) is 37.3 Å². The Hall–Kier alpha value is -0.870. The highest BCUT2D eigenvalue weighted by atomic mass is 127. The zero-order valence-corrected chi connectivity index (χ0v) is 19.2. The molecule has 26 heavy (non-hydrogen) atoms. The van der Waals surface area contributed by atoms with Gasteiger partial charge in [0.1, 0.15) is 0 Å². The average molecular weight is 496 g/mol. The lowest BCUT2D eigenvalue weighted by atomic mass is 10.1. The number of aliphatic imine (C=N–C) groups is 1. The molecule has 6 nitrogen and oxygen atoms in total. The van der Waals surface area contributed by atoms with Gasteiger partial charge < -0.3 is 10.6 Å². The number of sulfonamides is 1. The van der Waals surface area contributed by atoms with Gasteiger partial charge in [0.05, 0.1) is 6.26 Å². The van der Waals surface area contributed by atoms with Crippen LogP contribution in [0.4, 0.5) is 0 Å². The Bertz CT molecular complexity index is 609. The standard InChI is InChI=1S/C18H32N4O2S.HI/c1-4-19-18(20-14-9-13-17-11-7-6-8-12-17)21-15-10-16-22(5-2)25(3,23)24;/h6-8,11-12H,4-5,9-10,13-16H2,1-3H3,(H2,19,20,21);1H. The van der Waals surface area contributed by atoms with Crippen LogP contribution in [0, 0.1) is 0 Å². The van der Waals surface area contributed by atoms with E-state index in [2.05, 4.69) is 39.9 Å². The van der Waals surface area contributed by atoms with Crippen LogP contribution in [0.5, 0.6) is 0 Å². The number of hydrogen-bond donors (Lipinski definition) is 2. The quantitative estimate of drug-likeness (QED) is 0.214. The molecule has 0 atom stereocenters. The zero-order valence-electron chi connectivity index (χ0n) is 16.1. The van der Waals surface area contributed by atoms with Gasteiger partial charge in [-0.15, -0.1) is 24.0 Å². The molecule has 1 aromatic rings. The number of aryl methyl sites for hydroxylation is 1. The molecule has 8 heteroatoms. The number of nitrogens with one attached hydrogen (secondary N) is 2. The normalized spacial score (nSPS) is 11.9. The molecule has 0 aliphatic rings. The fourth-order valence-electron chi connectivity index (χ4n) is 2.48. The van der Waals surface area contributed by atoms with Gasteiger partial charge in [0.15, 0.2) is 5.96 Å². The molecular formula is C18H33IN4O2S. The Labute approximate surface area is 175 Å². The summed E-state index contributed by atoms with van der Waals surface area (Å²) >= 11 is 0. The fourth-order valence-corrected chi connectivity index (χ4v) is 3.41. The largest absolute Gasteiger partial charge is 0.357 e. The summed E-state index contributed by atoms with van der Waals surface area (Å²) in [4.78, 5) is 4.58. The molecule has 0 bridgehead atoms. The third kappa shape index (κ3) is 11.0. The molecule has 0 fully saturated rings. The molecule has 150 valence electrons. The monoisotopic (exact) mass is 496 g/mol. The highest BCUT2D eigenvalue weighted by Gasteiger charge is 2.13. The van der Waals surface area contributed by atoms with Crippen molar-refractivity contribution in [2.75, 3.05) is 39.0 Å². The predicted octanol–water partition coefficient (Wildman–Crippen LogP) is 2.46. The van der Waals surface area contributed by atoms with Crippen molar-refractivity contribution in [2.24, 2.45) is 4.99 Å². The van der Waals surface area contributed by atoms with E-state index in [1.54, 1.807) is 0 Å². The second-order valence-electron chi connectivity index (χ2n) is 5.88. The van der Waals surface area contributed by atoms with E-state index in [1.165, 1.54) is 16.1 Å². The third-order valence-corrected chi connectivity index (χ3v) is 5.16. The minimum absolute atomic E-state index is 0. The van der Waals surface area contributed by atoms with Gasteiger partial charge in [-0.2, -0.15) is 0 Å². The molecule has 0 aliphatic heterocycles. The summed E-state index contributed by atoms with van der Waals surface area (Å²) in [6, 6.07) is 10.4. The van der Waals surface area contributed by atoms with Crippen molar-refractivity contribution in [1.82, 2.24) is 14.9 Å². The molecule has 0 aromatic heterocycles. The van der Waals surface area contributed by atoms with Crippen molar-refractivity contribution in [2.45, 2.75) is 33.1 Å². The highest BCUT2D eigenvalue weighted by Crippen LogP contribution is 2.02. The molecule has 0 saturated carbocycles. The first-order valence-electron chi connectivity index (χ1n) is 8.98. The van der Waals surface area contributed by atoms with Gasteiger partial charge in [0.25, 0.3) is 0 Å². The maximum Gasteiger partial charge on any atom is 0.211 e. The van der Waals surface area contributed by atoms with E-state index in [-0.39, 0.29) is 24.0 Å². The van der Waals surface area contributed by atoms with E-state index in [1.807, 2.05) is 19.9 Å². The van der Waals surface area contributed by atoms with Gasteiger partial charge in [-0.3, -0.25) is 4.99 Å². The molecular weight excluding hydrogens is 463 g/mol. The van der Waals surface area contributed by atoms with Gasteiger partial charge in [0.2, 0.25) is 10.0 Å². The Morgan fingerprint density at radius 3 is 2.38 bits per heavy atom. The SMILES string of the molecule is CCNC(=NCCCc1ccccc1)NCCCN(CC)S(C)(=O)=O.I. The summed E-state index contributed by atoms with van der Waals surface area (Å²) in [6.07, 6.45) is 4.01. The Morgan fingerprint density at radius 1 is 1.12 bits per heavy atom. The Balaban J connectivity index is 0.00000625. The van der Waals surface area contributed by atoms with E-state index in [0.717, 1.165) is 38.3 Å². The first kappa shape index (κ1) is 25.1. The molecule has 0 unspecified atom stereocenters.